The number of nitrogens with zero attached hydrogens (tertiary/aromatic N) is 1. The number of fused-ring (bicyclic) bond motifs is 2. The highest BCUT2D eigenvalue weighted by molar-refractivity contribution is 7.11. The quantitative estimate of drug-likeness (QED) is 0.875. The number of aryl methyl sites for hydroxylation is 1. The maximum absolute atomic E-state index is 12.3. The molecule has 7 heteroatoms. The molecule has 1 heterocycles. The fourth-order valence-corrected chi connectivity index (χ4v) is 4.40. The van der Waals surface area contributed by atoms with Crippen molar-refractivity contribution in [1.29, 1.82) is 0 Å². The summed E-state index contributed by atoms with van der Waals surface area (Å²) in [5.74, 6) is 1.26. The smallest absolute Gasteiger partial charge is 0.225 e. The Morgan fingerprint density at radius 2 is 2.14 bits per heavy atom. The molecular weight excluding hydrogens is 329 g/mol. The monoisotopic (exact) mass is 351 g/mol. The minimum absolute atomic E-state index is 0. The lowest BCUT2D eigenvalue weighted by atomic mass is 9.84. The van der Waals surface area contributed by atoms with E-state index in [0.717, 1.165) is 17.8 Å². The summed E-state index contributed by atoms with van der Waals surface area (Å²) < 4.78 is 0. The lowest BCUT2D eigenvalue weighted by molar-refractivity contribution is -0.127. The third kappa shape index (κ3) is 3.70. The molecule has 0 aromatic carbocycles. The summed E-state index contributed by atoms with van der Waals surface area (Å²) in [6, 6.07) is 0.0706. The van der Waals surface area contributed by atoms with E-state index in [4.69, 9.17) is 5.73 Å². The van der Waals surface area contributed by atoms with Crippen LogP contribution in [-0.4, -0.2) is 16.9 Å². The summed E-state index contributed by atoms with van der Waals surface area (Å²) in [5, 5.41) is 4.01. The van der Waals surface area contributed by atoms with Crippen LogP contribution < -0.4 is 11.1 Å². The zero-order chi connectivity index (χ0) is 13.4. The molecule has 0 aliphatic heterocycles. The Morgan fingerprint density at radius 3 is 2.71 bits per heavy atom. The lowest BCUT2D eigenvalue weighted by Gasteiger charge is -2.26. The highest BCUT2D eigenvalue weighted by Gasteiger charge is 2.48. The minimum atomic E-state index is 0. The van der Waals surface area contributed by atoms with Gasteiger partial charge in [0.05, 0.1) is 12.5 Å². The molecule has 4 nitrogen and oxygen atoms in total. The van der Waals surface area contributed by atoms with Crippen LogP contribution in [0.1, 0.15) is 36.1 Å². The maximum Gasteiger partial charge on any atom is 0.225 e. The molecule has 0 saturated heterocycles. The molecule has 4 atom stereocenters. The molecule has 1 amide bonds. The van der Waals surface area contributed by atoms with Crippen LogP contribution >= 0.6 is 36.2 Å². The number of nitrogens with one attached hydrogen (secondary N) is 1. The van der Waals surface area contributed by atoms with Crippen molar-refractivity contribution in [2.75, 3.05) is 0 Å². The Balaban J connectivity index is 0.00000110. The zero-order valence-electron chi connectivity index (χ0n) is 12.1. The second kappa shape index (κ2) is 7.77. The van der Waals surface area contributed by atoms with Crippen LogP contribution in [-0.2, 0) is 17.8 Å². The van der Waals surface area contributed by atoms with Gasteiger partial charge in [0.1, 0.15) is 5.01 Å². The topological polar surface area (TPSA) is 68.0 Å². The van der Waals surface area contributed by atoms with Crippen LogP contribution in [0.4, 0.5) is 0 Å². The average Bonchev–Trinajstić information content (AvgIpc) is 3.11. The van der Waals surface area contributed by atoms with Crippen molar-refractivity contribution in [2.45, 2.75) is 45.2 Å². The first kappa shape index (κ1) is 18.7. The number of amides is 1. The van der Waals surface area contributed by atoms with Crippen LogP contribution in [0.3, 0.4) is 0 Å². The van der Waals surface area contributed by atoms with Gasteiger partial charge in [-0.15, -0.1) is 36.2 Å². The van der Waals surface area contributed by atoms with Crippen molar-refractivity contribution in [3.63, 3.8) is 0 Å². The largest absolute Gasteiger partial charge is 0.349 e. The fraction of sp³-hybridized carbons (Fsp3) is 0.714. The number of carbonyl (C=O) groups is 1. The van der Waals surface area contributed by atoms with Gasteiger partial charge in [0.25, 0.3) is 0 Å². The first-order chi connectivity index (χ1) is 9.19. The predicted octanol–water partition coefficient (Wildman–Crippen LogP) is 2.54. The van der Waals surface area contributed by atoms with E-state index in [9.17, 15) is 4.79 Å². The number of hydrogen-bond acceptors (Lipinski definition) is 4. The average molecular weight is 352 g/mol. The van der Waals surface area contributed by atoms with Gasteiger partial charge < -0.3 is 11.1 Å². The van der Waals surface area contributed by atoms with Gasteiger partial charge in [0.15, 0.2) is 0 Å². The van der Waals surface area contributed by atoms with Crippen molar-refractivity contribution in [3.8, 4) is 0 Å². The van der Waals surface area contributed by atoms with E-state index in [2.05, 4.69) is 17.2 Å². The maximum atomic E-state index is 12.3. The summed E-state index contributed by atoms with van der Waals surface area (Å²) in [6.45, 7) is 2.66. The summed E-state index contributed by atoms with van der Waals surface area (Å²) in [6.07, 6.45) is 6.43. The Hall–Kier alpha value is -0.360. The molecule has 4 unspecified atom stereocenters. The van der Waals surface area contributed by atoms with Gasteiger partial charge in [0, 0.05) is 17.1 Å². The molecule has 1 aromatic heterocycles. The van der Waals surface area contributed by atoms with Gasteiger partial charge in [-0.3, -0.25) is 4.79 Å². The van der Waals surface area contributed by atoms with E-state index in [1.165, 1.54) is 17.7 Å². The van der Waals surface area contributed by atoms with Crippen LogP contribution in [0.25, 0.3) is 0 Å². The number of nitrogens with two attached hydrogens (primary N) is 1. The zero-order valence-corrected chi connectivity index (χ0v) is 14.5. The van der Waals surface area contributed by atoms with E-state index in [1.807, 2.05) is 6.20 Å². The second-order valence-electron chi connectivity index (χ2n) is 5.73. The molecule has 21 heavy (non-hydrogen) atoms. The van der Waals surface area contributed by atoms with E-state index in [1.54, 1.807) is 11.3 Å². The first-order valence-corrected chi connectivity index (χ1v) is 7.97. The number of aromatic nitrogens is 1. The van der Waals surface area contributed by atoms with Crippen molar-refractivity contribution >= 4 is 42.1 Å². The Bertz CT molecular complexity index is 481. The van der Waals surface area contributed by atoms with Crippen LogP contribution in [0.2, 0.25) is 0 Å². The van der Waals surface area contributed by atoms with E-state index in [0.29, 0.717) is 18.4 Å². The summed E-state index contributed by atoms with van der Waals surface area (Å²) in [5.41, 5.74) is 6.19. The standard InChI is InChI=1S/C14H21N3OS.2ClH/c1-2-10-6-16-11(19-10)7-17-14(18)12-8-3-4-9(5-8)13(12)15;;/h6,8-9,12-13H,2-5,7,15H2,1H3,(H,17,18);2*1H. The van der Waals surface area contributed by atoms with Crippen molar-refractivity contribution in [1.82, 2.24) is 10.3 Å². The van der Waals surface area contributed by atoms with Crippen molar-refractivity contribution < 1.29 is 4.79 Å². The molecule has 3 rings (SSSR count). The molecule has 2 aliphatic rings. The Kier molecular flexibility index (Phi) is 6.91. The van der Waals surface area contributed by atoms with Crippen molar-refractivity contribution in [2.24, 2.45) is 23.5 Å². The Labute approximate surface area is 142 Å². The van der Waals surface area contributed by atoms with Crippen LogP contribution in [0.15, 0.2) is 6.20 Å². The molecule has 0 radical (unpaired) electrons. The molecular formula is C14H23Cl2N3OS. The van der Waals surface area contributed by atoms with Crippen LogP contribution in [0, 0.1) is 17.8 Å². The molecule has 1 aromatic rings. The molecule has 2 fully saturated rings. The van der Waals surface area contributed by atoms with E-state index < -0.39 is 0 Å². The number of thiazole rings is 1. The van der Waals surface area contributed by atoms with Gasteiger partial charge in [-0.05, 0) is 37.5 Å². The number of rotatable bonds is 4. The normalized spacial score (nSPS) is 29.6. The summed E-state index contributed by atoms with van der Waals surface area (Å²) in [4.78, 5) is 17.9. The highest BCUT2D eigenvalue weighted by atomic mass is 35.5. The molecule has 2 saturated carbocycles. The third-order valence-electron chi connectivity index (χ3n) is 4.65. The molecule has 2 bridgehead atoms. The Morgan fingerprint density at radius 1 is 1.43 bits per heavy atom. The van der Waals surface area contributed by atoms with E-state index >= 15 is 0 Å². The number of carbonyl (C=O) groups excluding carboxylic acids is 1. The molecule has 120 valence electrons. The second-order valence-corrected chi connectivity index (χ2v) is 6.93. The van der Waals surface area contributed by atoms with E-state index in [-0.39, 0.29) is 42.7 Å². The first-order valence-electron chi connectivity index (χ1n) is 7.16. The molecule has 3 N–H and O–H groups in total. The predicted molar refractivity (Wildman–Crippen MR) is 90.1 cm³/mol. The minimum Gasteiger partial charge on any atom is -0.349 e. The molecule has 0 spiro atoms. The van der Waals surface area contributed by atoms with Gasteiger partial charge in [-0.2, -0.15) is 0 Å². The van der Waals surface area contributed by atoms with Gasteiger partial charge in [0.2, 0.25) is 5.91 Å². The highest BCUT2D eigenvalue weighted by Crippen LogP contribution is 2.47. The van der Waals surface area contributed by atoms with Crippen molar-refractivity contribution in [3.05, 3.63) is 16.1 Å². The van der Waals surface area contributed by atoms with Gasteiger partial charge >= 0.3 is 0 Å². The van der Waals surface area contributed by atoms with Crippen LogP contribution in [0.5, 0.6) is 0 Å². The third-order valence-corrected chi connectivity index (χ3v) is 5.79. The number of halogens is 2. The summed E-state index contributed by atoms with van der Waals surface area (Å²) in [7, 11) is 0. The lowest BCUT2D eigenvalue weighted by Crippen LogP contribution is -2.45. The van der Waals surface area contributed by atoms with Gasteiger partial charge in [-0.25, -0.2) is 4.98 Å². The molecule has 2 aliphatic carbocycles. The SMILES string of the molecule is CCc1cnc(CNC(=O)C2C3CCC(C3)C2N)s1.Cl.Cl. The summed E-state index contributed by atoms with van der Waals surface area (Å²) >= 11 is 1.68. The van der Waals surface area contributed by atoms with Gasteiger partial charge in [-0.1, -0.05) is 6.92 Å². The number of hydrogen-bond donors (Lipinski definition) is 2. The fourth-order valence-electron chi connectivity index (χ4n) is 3.60.